The Bertz CT molecular complexity index is 496. The Labute approximate surface area is 138 Å². The molecule has 0 bridgehead atoms. The van der Waals surface area contributed by atoms with Crippen molar-refractivity contribution in [1.82, 2.24) is 5.32 Å². The van der Waals surface area contributed by atoms with Gasteiger partial charge >= 0.3 is 5.97 Å². The highest BCUT2D eigenvalue weighted by molar-refractivity contribution is 9.09. The van der Waals surface area contributed by atoms with Crippen LogP contribution in [0.5, 0.6) is 0 Å². The number of nitrogens with one attached hydrogen (secondary N) is 1. The number of allylic oxidation sites excluding steroid dienone is 3. The van der Waals surface area contributed by atoms with E-state index in [1.165, 1.54) is 7.11 Å². The van der Waals surface area contributed by atoms with Crippen molar-refractivity contribution in [2.45, 2.75) is 26.7 Å². The van der Waals surface area contributed by atoms with E-state index < -0.39 is 0 Å². The second-order valence-electron chi connectivity index (χ2n) is 4.32. The molecule has 21 heavy (non-hydrogen) atoms. The Morgan fingerprint density at radius 3 is 2.90 bits per heavy atom. The van der Waals surface area contributed by atoms with Gasteiger partial charge in [0.15, 0.2) is 0 Å². The van der Waals surface area contributed by atoms with Gasteiger partial charge in [0.2, 0.25) is 0 Å². The van der Waals surface area contributed by atoms with E-state index in [1.54, 1.807) is 11.8 Å². The van der Waals surface area contributed by atoms with Crippen LogP contribution in [-0.2, 0) is 9.53 Å². The number of ether oxygens (including phenoxy) is 1. The Balaban J connectivity index is 2.94. The van der Waals surface area contributed by atoms with Crippen LogP contribution in [0.25, 0.3) is 0 Å². The molecule has 1 rings (SSSR count). The number of halogens is 1. The molecular weight excluding hydrogens is 352 g/mol. The van der Waals surface area contributed by atoms with Crippen LogP contribution < -0.4 is 5.32 Å². The molecule has 0 amide bonds. The van der Waals surface area contributed by atoms with Crippen molar-refractivity contribution in [2.24, 2.45) is 4.99 Å². The van der Waals surface area contributed by atoms with Crippen LogP contribution in [0.3, 0.4) is 0 Å². The number of hydrogen-bond acceptors (Lipinski definition) is 5. The second kappa shape index (κ2) is 9.84. The molecule has 0 radical (unpaired) electrons. The zero-order valence-electron chi connectivity index (χ0n) is 12.6. The van der Waals surface area contributed by atoms with Gasteiger partial charge in [-0.1, -0.05) is 53.2 Å². The molecule has 0 saturated carbocycles. The maximum atomic E-state index is 11.7. The van der Waals surface area contributed by atoms with Crippen LogP contribution in [0, 0.1) is 0 Å². The topological polar surface area (TPSA) is 50.7 Å². The fourth-order valence-electron chi connectivity index (χ4n) is 1.69. The summed E-state index contributed by atoms with van der Waals surface area (Å²) < 4.78 is 4.79. The van der Waals surface area contributed by atoms with E-state index in [0.29, 0.717) is 17.4 Å². The molecule has 0 spiro atoms. The second-order valence-corrected chi connectivity index (χ2v) is 5.82. The fraction of sp³-hybridized carbons (Fsp3) is 0.467. The van der Waals surface area contributed by atoms with Crippen LogP contribution in [0.1, 0.15) is 26.7 Å². The predicted octanol–water partition coefficient (Wildman–Crippen LogP) is 3.76. The zero-order valence-corrected chi connectivity index (χ0v) is 15.0. The van der Waals surface area contributed by atoms with Gasteiger partial charge in [-0.25, -0.2) is 4.79 Å². The minimum Gasteiger partial charge on any atom is -0.466 e. The quantitative estimate of drug-likeness (QED) is 0.545. The van der Waals surface area contributed by atoms with E-state index in [9.17, 15) is 4.79 Å². The molecule has 116 valence electrons. The van der Waals surface area contributed by atoms with Crippen molar-refractivity contribution in [1.29, 1.82) is 0 Å². The smallest absolute Gasteiger partial charge is 0.337 e. The first-order valence-electron chi connectivity index (χ1n) is 6.84. The van der Waals surface area contributed by atoms with Crippen molar-refractivity contribution in [3.63, 3.8) is 0 Å². The van der Waals surface area contributed by atoms with E-state index in [1.807, 2.05) is 18.4 Å². The molecular formula is C15H21BrN2O2S. The van der Waals surface area contributed by atoms with Gasteiger partial charge in [-0.2, -0.15) is 0 Å². The summed E-state index contributed by atoms with van der Waals surface area (Å²) in [6.45, 7) is 4.47. The Hall–Kier alpha value is -1.01. The van der Waals surface area contributed by atoms with Crippen molar-refractivity contribution in [3.05, 3.63) is 33.7 Å². The largest absolute Gasteiger partial charge is 0.466 e. The lowest BCUT2D eigenvalue weighted by atomic mass is 10.2. The maximum Gasteiger partial charge on any atom is 0.337 e. The number of nitrogens with zero attached hydrogens (tertiary/aromatic N) is 1. The number of carbonyl (C=O) groups is 1. The summed E-state index contributed by atoms with van der Waals surface area (Å²) in [6.07, 6.45) is 6.25. The number of esters is 1. The van der Waals surface area contributed by atoms with E-state index in [0.717, 1.165) is 29.3 Å². The number of alkyl halides is 1. The lowest BCUT2D eigenvalue weighted by molar-refractivity contribution is -0.136. The third-order valence-corrected chi connectivity index (χ3v) is 4.36. The first-order valence-corrected chi connectivity index (χ1v) is 8.84. The molecule has 0 saturated heterocycles. The minimum atomic E-state index is -0.333. The summed E-state index contributed by atoms with van der Waals surface area (Å²) in [4.78, 5) is 17.3. The number of aliphatic imine (C=N–C) groups is 1. The number of amidine groups is 1. The first-order chi connectivity index (χ1) is 10.2. The molecule has 0 aromatic rings. The van der Waals surface area contributed by atoms with E-state index in [2.05, 4.69) is 39.2 Å². The van der Waals surface area contributed by atoms with Crippen molar-refractivity contribution < 1.29 is 9.53 Å². The summed E-state index contributed by atoms with van der Waals surface area (Å²) in [5.41, 5.74) is 1.39. The van der Waals surface area contributed by atoms with Gasteiger partial charge in [0, 0.05) is 15.9 Å². The monoisotopic (exact) mass is 372 g/mol. The van der Waals surface area contributed by atoms with Crippen molar-refractivity contribution in [2.75, 3.05) is 19.0 Å². The highest BCUT2D eigenvalue weighted by Crippen LogP contribution is 2.23. The minimum absolute atomic E-state index is 0.333. The summed E-state index contributed by atoms with van der Waals surface area (Å²) >= 11 is 5.04. The van der Waals surface area contributed by atoms with Gasteiger partial charge in [-0.3, -0.25) is 4.99 Å². The molecule has 1 N–H and O–H groups in total. The molecule has 0 aliphatic carbocycles. The Morgan fingerprint density at radius 2 is 2.33 bits per heavy atom. The SMILES string of the molecule is C/C=C\S/C(=C/CCC)C1=NCC(C(=O)OC)=C(CBr)N1. The molecule has 1 aliphatic heterocycles. The van der Waals surface area contributed by atoms with Crippen LogP contribution in [0.2, 0.25) is 0 Å². The zero-order chi connectivity index (χ0) is 15.7. The normalized spacial score (nSPS) is 16.0. The van der Waals surface area contributed by atoms with Gasteiger partial charge in [-0.15, -0.1) is 0 Å². The molecule has 0 unspecified atom stereocenters. The third kappa shape index (κ3) is 5.36. The van der Waals surface area contributed by atoms with Crippen LogP contribution in [0.4, 0.5) is 0 Å². The molecule has 0 aromatic carbocycles. The number of carbonyl (C=O) groups excluding carboxylic acids is 1. The average Bonchev–Trinajstić information content (AvgIpc) is 2.53. The molecule has 6 heteroatoms. The van der Waals surface area contributed by atoms with Gasteiger partial charge in [0.05, 0.1) is 19.2 Å². The first kappa shape index (κ1) is 18.0. The number of methoxy groups -OCH3 is 1. The summed E-state index contributed by atoms with van der Waals surface area (Å²) in [5, 5.41) is 5.83. The highest BCUT2D eigenvalue weighted by Gasteiger charge is 2.22. The standard InChI is InChI=1S/C15H21BrN2O2S/c1-4-6-7-13(21-8-5-2)14-17-10-11(15(19)20-3)12(9-16)18-14/h5,7-8H,4,6,9-10H2,1-3H3,(H,17,18)/b8-5-,13-7+. The molecule has 0 aromatic heterocycles. The van der Waals surface area contributed by atoms with Crippen molar-refractivity contribution >= 4 is 39.5 Å². The number of unbranched alkanes of at least 4 members (excludes halogenated alkanes) is 1. The van der Waals surface area contributed by atoms with E-state index in [-0.39, 0.29) is 5.97 Å². The lowest BCUT2D eigenvalue weighted by Crippen LogP contribution is -2.32. The molecule has 0 atom stereocenters. The number of rotatable bonds is 7. The average molecular weight is 373 g/mol. The van der Waals surface area contributed by atoms with Gasteiger partial charge in [-0.05, 0) is 18.8 Å². The van der Waals surface area contributed by atoms with Gasteiger partial charge in [0.25, 0.3) is 0 Å². The van der Waals surface area contributed by atoms with Crippen LogP contribution in [0.15, 0.2) is 38.7 Å². The Morgan fingerprint density at radius 1 is 1.57 bits per heavy atom. The highest BCUT2D eigenvalue weighted by atomic mass is 79.9. The fourth-order valence-corrected chi connectivity index (χ4v) is 2.90. The van der Waals surface area contributed by atoms with Crippen molar-refractivity contribution in [3.8, 4) is 0 Å². The predicted molar refractivity (Wildman–Crippen MR) is 93.7 cm³/mol. The van der Waals surface area contributed by atoms with Crippen LogP contribution in [-0.4, -0.2) is 30.8 Å². The summed E-state index contributed by atoms with van der Waals surface area (Å²) in [5.74, 6) is 0.480. The molecule has 0 fully saturated rings. The maximum absolute atomic E-state index is 11.7. The van der Waals surface area contributed by atoms with Crippen LogP contribution >= 0.6 is 27.7 Å². The van der Waals surface area contributed by atoms with E-state index >= 15 is 0 Å². The third-order valence-electron chi connectivity index (χ3n) is 2.78. The van der Waals surface area contributed by atoms with Gasteiger partial charge < -0.3 is 10.1 Å². The molecule has 4 nitrogen and oxygen atoms in total. The molecule has 1 aliphatic rings. The Kier molecular flexibility index (Phi) is 8.45. The summed E-state index contributed by atoms with van der Waals surface area (Å²) in [6, 6.07) is 0. The molecule has 1 heterocycles. The number of thioether (sulfide) groups is 1. The summed E-state index contributed by atoms with van der Waals surface area (Å²) in [7, 11) is 1.38. The van der Waals surface area contributed by atoms with E-state index in [4.69, 9.17) is 4.74 Å². The lowest BCUT2D eigenvalue weighted by Gasteiger charge is -2.21. The van der Waals surface area contributed by atoms with Gasteiger partial charge in [0.1, 0.15) is 5.84 Å². The number of hydrogen-bond donors (Lipinski definition) is 1.